The highest BCUT2D eigenvalue weighted by Gasteiger charge is 2.37. The van der Waals surface area contributed by atoms with Crippen LogP contribution in [0.5, 0.6) is 0 Å². The summed E-state index contributed by atoms with van der Waals surface area (Å²) < 4.78 is 69.7. The van der Waals surface area contributed by atoms with E-state index in [9.17, 15) is 31.2 Å². The molecule has 3 aromatic carbocycles. The fourth-order valence-corrected chi connectivity index (χ4v) is 6.58. The number of amides is 2. The van der Waals surface area contributed by atoms with Crippen LogP contribution in [0.3, 0.4) is 0 Å². The van der Waals surface area contributed by atoms with Crippen molar-refractivity contribution in [3.63, 3.8) is 0 Å². The molecular weight excluding hydrogens is 662 g/mol. The van der Waals surface area contributed by atoms with Gasteiger partial charge in [0.05, 0.1) is 21.2 Å². The Morgan fingerprint density at radius 1 is 0.909 bits per heavy atom. The summed E-state index contributed by atoms with van der Waals surface area (Å²) in [6, 6.07) is 13.1. The Morgan fingerprint density at radius 3 is 2.11 bits per heavy atom. The number of halogens is 6. The van der Waals surface area contributed by atoms with Crippen LogP contribution in [0.4, 0.5) is 18.9 Å². The molecule has 0 saturated heterocycles. The first-order valence-electron chi connectivity index (χ1n) is 13.7. The van der Waals surface area contributed by atoms with Gasteiger partial charge in [0.25, 0.3) is 10.0 Å². The van der Waals surface area contributed by atoms with Gasteiger partial charge in [-0.2, -0.15) is 13.2 Å². The number of benzene rings is 3. The molecule has 3 rings (SSSR count). The van der Waals surface area contributed by atoms with Gasteiger partial charge in [0.1, 0.15) is 12.6 Å². The maximum absolute atomic E-state index is 14.1. The average molecular weight is 693 g/mol. The Bertz CT molecular complexity index is 1550. The molecule has 0 aliphatic heterocycles. The molecule has 0 heterocycles. The first-order valence-corrected chi connectivity index (χ1v) is 16.2. The molecule has 7 nitrogen and oxygen atoms in total. The molecule has 0 fully saturated rings. The fourth-order valence-electron chi connectivity index (χ4n) is 4.41. The number of hydrogen-bond donors (Lipinski definition) is 1. The molecule has 0 aliphatic carbocycles. The molecule has 3 aromatic rings. The standard InChI is InChI=1S/C30H31Cl3F3N3O4S/c1-3-5-16-37-29(41)27(4-2)38(18-22-24(31)12-9-13-25(22)32)28(40)19-39(44(42,43)21-10-7-6-8-11-21)20-14-15-26(33)23(17-20)30(34,35)36/h6-15,17,27H,3-5,16,18-19H2,1-2H3,(H,37,41)/t27-/m1/s1. The van der Waals surface area contributed by atoms with Crippen LogP contribution in [0.25, 0.3) is 0 Å². The minimum atomic E-state index is -4.91. The molecule has 1 atom stereocenters. The number of anilines is 1. The summed E-state index contributed by atoms with van der Waals surface area (Å²) in [4.78, 5) is 28.3. The van der Waals surface area contributed by atoms with Gasteiger partial charge in [-0.05, 0) is 55.3 Å². The second-order valence-electron chi connectivity index (χ2n) is 9.78. The van der Waals surface area contributed by atoms with Crippen LogP contribution < -0.4 is 9.62 Å². The fraction of sp³-hybridized carbons (Fsp3) is 0.333. The maximum Gasteiger partial charge on any atom is 0.417 e. The van der Waals surface area contributed by atoms with E-state index >= 15 is 0 Å². The van der Waals surface area contributed by atoms with Gasteiger partial charge in [0.2, 0.25) is 11.8 Å². The zero-order valence-electron chi connectivity index (χ0n) is 23.9. The topological polar surface area (TPSA) is 86.8 Å². The van der Waals surface area contributed by atoms with Crippen LogP contribution >= 0.6 is 34.8 Å². The van der Waals surface area contributed by atoms with Gasteiger partial charge < -0.3 is 10.2 Å². The van der Waals surface area contributed by atoms with E-state index in [1.165, 1.54) is 24.3 Å². The Hall–Kier alpha value is -2.99. The number of alkyl halides is 3. The third-order valence-corrected chi connectivity index (χ3v) is 9.58. The van der Waals surface area contributed by atoms with Crippen LogP contribution in [-0.4, -0.2) is 44.3 Å². The highest BCUT2D eigenvalue weighted by molar-refractivity contribution is 7.92. The van der Waals surface area contributed by atoms with Crippen molar-refractivity contribution in [2.75, 3.05) is 17.4 Å². The van der Waals surface area contributed by atoms with E-state index in [-0.39, 0.29) is 27.9 Å². The summed E-state index contributed by atoms with van der Waals surface area (Å²) in [5.74, 6) is -1.36. The summed E-state index contributed by atoms with van der Waals surface area (Å²) in [5, 5.41) is 2.55. The number of carbonyl (C=O) groups excluding carboxylic acids is 2. The van der Waals surface area contributed by atoms with Crippen molar-refractivity contribution < 1.29 is 31.2 Å². The molecule has 1 N–H and O–H groups in total. The highest BCUT2D eigenvalue weighted by atomic mass is 35.5. The van der Waals surface area contributed by atoms with Gasteiger partial charge >= 0.3 is 6.18 Å². The van der Waals surface area contributed by atoms with Crippen molar-refractivity contribution in [3.8, 4) is 0 Å². The van der Waals surface area contributed by atoms with Gasteiger partial charge in [-0.3, -0.25) is 13.9 Å². The van der Waals surface area contributed by atoms with Gasteiger partial charge in [0.15, 0.2) is 0 Å². The van der Waals surface area contributed by atoms with Crippen molar-refractivity contribution >= 4 is 62.3 Å². The summed E-state index contributed by atoms with van der Waals surface area (Å²) in [7, 11) is -4.59. The summed E-state index contributed by atoms with van der Waals surface area (Å²) in [5.41, 5.74) is -1.42. The van der Waals surface area contributed by atoms with E-state index in [4.69, 9.17) is 34.8 Å². The van der Waals surface area contributed by atoms with Gasteiger partial charge in [-0.15, -0.1) is 0 Å². The van der Waals surface area contributed by atoms with Crippen molar-refractivity contribution in [3.05, 3.63) is 92.9 Å². The van der Waals surface area contributed by atoms with E-state index in [0.717, 1.165) is 23.5 Å². The van der Waals surface area contributed by atoms with E-state index in [1.807, 2.05) is 6.92 Å². The molecule has 0 aliphatic rings. The van der Waals surface area contributed by atoms with Crippen LogP contribution in [0, 0.1) is 0 Å². The first kappa shape index (κ1) is 35.5. The largest absolute Gasteiger partial charge is 0.417 e. The summed E-state index contributed by atoms with van der Waals surface area (Å²) in [6.45, 7) is 2.75. The Balaban J connectivity index is 2.15. The van der Waals surface area contributed by atoms with Crippen molar-refractivity contribution in [1.29, 1.82) is 0 Å². The number of nitrogens with zero attached hydrogens (tertiary/aromatic N) is 2. The minimum absolute atomic E-state index is 0.135. The Morgan fingerprint density at radius 2 is 1.55 bits per heavy atom. The van der Waals surface area contributed by atoms with Crippen LogP contribution in [0.15, 0.2) is 71.6 Å². The van der Waals surface area contributed by atoms with Crippen LogP contribution in [-0.2, 0) is 32.3 Å². The Kier molecular flexibility index (Phi) is 12.4. The number of rotatable bonds is 13. The first-order chi connectivity index (χ1) is 20.7. The summed E-state index contributed by atoms with van der Waals surface area (Å²) >= 11 is 18.6. The van der Waals surface area contributed by atoms with Gasteiger partial charge in [-0.25, -0.2) is 8.42 Å². The lowest BCUT2D eigenvalue weighted by molar-refractivity contribution is -0.140. The third kappa shape index (κ3) is 8.59. The number of nitrogens with one attached hydrogen (secondary N) is 1. The van der Waals surface area contributed by atoms with Gasteiger partial charge in [-0.1, -0.05) is 79.3 Å². The van der Waals surface area contributed by atoms with E-state index < -0.39 is 56.9 Å². The van der Waals surface area contributed by atoms with Crippen molar-refractivity contribution in [2.24, 2.45) is 0 Å². The molecule has 44 heavy (non-hydrogen) atoms. The molecule has 238 valence electrons. The van der Waals surface area contributed by atoms with E-state index in [2.05, 4.69) is 5.32 Å². The summed E-state index contributed by atoms with van der Waals surface area (Å²) in [6.07, 6.45) is -3.28. The predicted octanol–water partition coefficient (Wildman–Crippen LogP) is 7.58. The smallest absolute Gasteiger partial charge is 0.354 e. The lowest BCUT2D eigenvalue weighted by Crippen LogP contribution is -2.52. The minimum Gasteiger partial charge on any atom is -0.354 e. The lowest BCUT2D eigenvalue weighted by atomic mass is 10.1. The van der Waals surface area contributed by atoms with Crippen LogP contribution in [0.1, 0.15) is 44.2 Å². The maximum atomic E-state index is 14.1. The molecule has 0 aromatic heterocycles. The molecular formula is C30H31Cl3F3N3O4S. The van der Waals surface area contributed by atoms with Crippen molar-refractivity contribution in [2.45, 2.75) is 56.8 Å². The number of unbranched alkanes of at least 4 members (excludes halogenated alkanes) is 1. The molecule has 0 unspecified atom stereocenters. The quantitative estimate of drug-likeness (QED) is 0.187. The molecule has 2 amide bonds. The molecule has 0 spiro atoms. The Labute approximate surface area is 269 Å². The zero-order valence-corrected chi connectivity index (χ0v) is 27.0. The normalized spacial score (nSPS) is 12.5. The molecule has 0 saturated carbocycles. The number of sulfonamides is 1. The van der Waals surface area contributed by atoms with Crippen LogP contribution in [0.2, 0.25) is 15.1 Å². The highest BCUT2D eigenvalue weighted by Crippen LogP contribution is 2.38. The van der Waals surface area contributed by atoms with Gasteiger partial charge in [0, 0.05) is 28.7 Å². The second kappa shape index (κ2) is 15.3. The van der Waals surface area contributed by atoms with E-state index in [1.54, 1.807) is 31.2 Å². The average Bonchev–Trinajstić information content (AvgIpc) is 2.97. The third-order valence-electron chi connectivity index (χ3n) is 6.76. The monoisotopic (exact) mass is 691 g/mol. The molecule has 0 radical (unpaired) electrons. The second-order valence-corrected chi connectivity index (χ2v) is 12.9. The number of hydrogen-bond acceptors (Lipinski definition) is 4. The zero-order chi connectivity index (χ0) is 32.7. The van der Waals surface area contributed by atoms with Crippen molar-refractivity contribution in [1.82, 2.24) is 10.2 Å². The number of carbonyl (C=O) groups is 2. The predicted molar refractivity (Wildman–Crippen MR) is 166 cm³/mol. The lowest BCUT2D eigenvalue weighted by Gasteiger charge is -2.33. The molecule has 14 heteroatoms. The van der Waals surface area contributed by atoms with E-state index in [0.29, 0.717) is 28.9 Å². The molecule has 0 bridgehead atoms. The SMILES string of the molecule is CCCCNC(=O)[C@@H](CC)N(Cc1c(Cl)cccc1Cl)C(=O)CN(c1ccc(Cl)c(C(F)(F)F)c1)S(=O)(=O)c1ccccc1.